The minimum Gasteiger partial charge on any atom is -0.459 e. The van der Waals surface area contributed by atoms with Crippen molar-refractivity contribution in [2.24, 2.45) is 0 Å². The second kappa shape index (κ2) is 5.04. The van der Waals surface area contributed by atoms with E-state index in [9.17, 15) is 0 Å². The summed E-state index contributed by atoms with van der Waals surface area (Å²) in [5.41, 5.74) is 2.25. The third kappa shape index (κ3) is 2.47. The number of hydrogen-bond acceptors (Lipinski definition) is 3. The van der Waals surface area contributed by atoms with Gasteiger partial charge in [0.1, 0.15) is 17.2 Å². The van der Waals surface area contributed by atoms with Gasteiger partial charge in [-0.1, -0.05) is 18.2 Å². The first kappa shape index (κ1) is 12.7. The molecule has 3 aromatic rings. The maximum Gasteiger partial charge on any atom is 0.134 e. The molecule has 0 radical (unpaired) electrons. The number of nitrogens with one attached hydrogen (secondary N) is 1. The lowest BCUT2D eigenvalue weighted by Crippen LogP contribution is -2.16. The molecule has 2 aromatic heterocycles. The summed E-state index contributed by atoms with van der Waals surface area (Å²) >= 11 is 0. The van der Waals surface area contributed by atoms with Crippen LogP contribution in [0.15, 0.2) is 41.1 Å². The largest absolute Gasteiger partial charge is 0.459 e. The number of nitrogens with zero attached hydrogens (tertiary/aromatic N) is 2. The van der Waals surface area contributed by atoms with Crippen LogP contribution in [0, 0.1) is 6.92 Å². The Hall–Kier alpha value is -2.07. The zero-order valence-electron chi connectivity index (χ0n) is 12.2. The molecule has 1 aliphatic carbocycles. The predicted molar refractivity (Wildman–Crippen MR) is 82.1 cm³/mol. The van der Waals surface area contributed by atoms with Gasteiger partial charge in [0.2, 0.25) is 0 Å². The van der Waals surface area contributed by atoms with Gasteiger partial charge in [-0.15, -0.1) is 0 Å². The molecule has 0 aliphatic heterocycles. The van der Waals surface area contributed by atoms with Crippen molar-refractivity contribution < 1.29 is 4.42 Å². The smallest absolute Gasteiger partial charge is 0.134 e. The monoisotopic (exact) mass is 281 g/mol. The maximum atomic E-state index is 6.09. The van der Waals surface area contributed by atoms with E-state index in [0.29, 0.717) is 6.04 Å². The Morgan fingerprint density at radius 3 is 2.95 bits per heavy atom. The van der Waals surface area contributed by atoms with Crippen molar-refractivity contribution in [1.82, 2.24) is 14.9 Å². The van der Waals surface area contributed by atoms with E-state index in [1.54, 1.807) is 0 Å². The number of furan rings is 1. The molecular formula is C17H19N3O. The van der Waals surface area contributed by atoms with Crippen LogP contribution in [0.25, 0.3) is 11.0 Å². The third-order valence-electron chi connectivity index (χ3n) is 4.16. The first-order valence-corrected chi connectivity index (χ1v) is 7.51. The molecule has 0 amide bonds. The number of benzene rings is 1. The van der Waals surface area contributed by atoms with Crippen LogP contribution in [0.5, 0.6) is 0 Å². The first-order valence-electron chi connectivity index (χ1n) is 7.51. The second-order valence-corrected chi connectivity index (χ2v) is 5.76. The fourth-order valence-electron chi connectivity index (χ4n) is 2.73. The van der Waals surface area contributed by atoms with Gasteiger partial charge in [0.15, 0.2) is 0 Å². The number of imidazole rings is 1. The number of aryl methyl sites for hydroxylation is 1. The van der Waals surface area contributed by atoms with Crippen molar-refractivity contribution in [1.29, 1.82) is 0 Å². The molecule has 4 heteroatoms. The molecule has 0 bridgehead atoms. The molecule has 1 N–H and O–H groups in total. The lowest BCUT2D eigenvalue weighted by Gasteiger charge is -2.07. The van der Waals surface area contributed by atoms with Crippen molar-refractivity contribution in [3.8, 4) is 0 Å². The Labute approximate surface area is 123 Å². The van der Waals surface area contributed by atoms with Gasteiger partial charge in [-0.3, -0.25) is 0 Å². The van der Waals surface area contributed by atoms with E-state index in [2.05, 4.69) is 27.0 Å². The summed E-state index contributed by atoms with van der Waals surface area (Å²) in [7, 11) is 0. The predicted octanol–water partition coefficient (Wildman–Crippen LogP) is 3.24. The summed E-state index contributed by atoms with van der Waals surface area (Å²) < 4.78 is 8.21. The minimum atomic E-state index is 0.696. The highest BCUT2D eigenvalue weighted by molar-refractivity contribution is 5.82. The zero-order valence-corrected chi connectivity index (χ0v) is 12.2. The Bertz CT molecular complexity index is 767. The van der Waals surface area contributed by atoms with Crippen LogP contribution in [0.2, 0.25) is 0 Å². The fourth-order valence-corrected chi connectivity index (χ4v) is 2.73. The Morgan fingerprint density at radius 2 is 2.19 bits per heavy atom. The molecule has 0 atom stereocenters. The van der Waals surface area contributed by atoms with Gasteiger partial charge in [-0.25, -0.2) is 4.98 Å². The van der Waals surface area contributed by atoms with Gasteiger partial charge in [0.05, 0.1) is 6.54 Å². The summed E-state index contributed by atoms with van der Waals surface area (Å²) in [6, 6.07) is 8.98. The van der Waals surface area contributed by atoms with E-state index in [1.165, 1.54) is 23.8 Å². The topological polar surface area (TPSA) is 43.0 Å². The molecular weight excluding hydrogens is 262 g/mol. The number of hydrogen-bond donors (Lipinski definition) is 1. The van der Waals surface area contributed by atoms with Crippen LogP contribution >= 0.6 is 0 Å². The minimum absolute atomic E-state index is 0.696. The van der Waals surface area contributed by atoms with Gasteiger partial charge in [-0.2, -0.15) is 0 Å². The zero-order chi connectivity index (χ0) is 14.2. The average Bonchev–Trinajstić information content (AvgIpc) is 3.14. The van der Waals surface area contributed by atoms with E-state index >= 15 is 0 Å². The van der Waals surface area contributed by atoms with E-state index in [4.69, 9.17) is 4.42 Å². The fraction of sp³-hybridized carbons (Fsp3) is 0.353. The highest BCUT2D eigenvalue weighted by atomic mass is 16.3. The summed E-state index contributed by atoms with van der Waals surface area (Å²) in [6.45, 7) is 3.64. The van der Waals surface area contributed by atoms with Crippen molar-refractivity contribution in [3.05, 3.63) is 53.8 Å². The highest BCUT2D eigenvalue weighted by Crippen LogP contribution is 2.28. The first-order chi connectivity index (χ1) is 10.3. The molecule has 21 heavy (non-hydrogen) atoms. The lowest BCUT2D eigenvalue weighted by atomic mass is 10.1. The number of para-hydroxylation sites is 1. The third-order valence-corrected chi connectivity index (χ3v) is 4.16. The van der Waals surface area contributed by atoms with Crippen molar-refractivity contribution >= 4 is 11.0 Å². The Kier molecular flexibility index (Phi) is 3.04. The van der Waals surface area contributed by atoms with Crippen LogP contribution in [0.1, 0.15) is 30.0 Å². The number of rotatable bonds is 5. The second-order valence-electron chi connectivity index (χ2n) is 5.76. The molecule has 0 unspecified atom stereocenters. The summed E-state index contributed by atoms with van der Waals surface area (Å²) in [5.74, 6) is 2.04. The number of fused-ring (bicyclic) bond motifs is 1. The average molecular weight is 281 g/mol. The van der Waals surface area contributed by atoms with Crippen molar-refractivity contribution in [3.63, 3.8) is 0 Å². The molecule has 1 fully saturated rings. The van der Waals surface area contributed by atoms with E-state index in [0.717, 1.165) is 30.3 Å². The molecule has 4 rings (SSSR count). The molecule has 1 aliphatic rings. The molecule has 2 heterocycles. The van der Waals surface area contributed by atoms with E-state index in [1.807, 2.05) is 31.5 Å². The van der Waals surface area contributed by atoms with Crippen LogP contribution in [-0.4, -0.2) is 15.6 Å². The van der Waals surface area contributed by atoms with Crippen LogP contribution < -0.4 is 5.32 Å². The lowest BCUT2D eigenvalue weighted by molar-refractivity contribution is 0.513. The maximum absolute atomic E-state index is 6.09. The van der Waals surface area contributed by atoms with Gasteiger partial charge in [-0.05, 0) is 25.8 Å². The van der Waals surface area contributed by atoms with E-state index < -0.39 is 0 Å². The van der Waals surface area contributed by atoms with Crippen molar-refractivity contribution in [2.75, 3.05) is 0 Å². The van der Waals surface area contributed by atoms with Crippen LogP contribution in [-0.2, 0) is 13.1 Å². The molecule has 4 nitrogen and oxygen atoms in total. The van der Waals surface area contributed by atoms with E-state index in [-0.39, 0.29) is 0 Å². The molecule has 108 valence electrons. The molecule has 1 aromatic carbocycles. The SMILES string of the molecule is Cc1nccn1Cc1oc2ccccc2c1CNC1CC1. The van der Waals surface area contributed by atoms with Gasteiger partial charge < -0.3 is 14.3 Å². The summed E-state index contributed by atoms with van der Waals surface area (Å²) in [5, 5.41) is 4.82. The molecule has 0 spiro atoms. The standard InChI is InChI=1S/C17H19N3O/c1-12-18-8-9-20(12)11-17-15(10-19-13-6-7-13)14-4-2-3-5-16(14)21-17/h2-5,8-9,13,19H,6-7,10-11H2,1H3. The number of aromatic nitrogens is 2. The Balaban J connectivity index is 1.71. The summed E-state index contributed by atoms with van der Waals surface area (Å²) in [4.78, 5) is 4.29. The van der Waals surface area contributed by atoms with Gasteiger partial charge >= 0.3 is 0 Å². The normalized spacial score (nSPS) is 14.9. The highest BCUT2D eigenvalue weighted by Gasteiger charge is 2.22. The van der Waals surface area contributed by atoms with Gasteiger partial charge in [0.25, 0.3) is 0 Å². The molecule has 0 saturated heterocycles. The quantitative estimate of drug-likeness (QED) is 0.780. The van der Waals surface area contributed by atoms with Gasteiger partial charge in [0, 0.05) is 35.9 Å². The van der Waals surface area contributed by atoms with Crippen molar-refractivity contribution in [2.45, 2.75) is 38.9 Å². The Morgan fingerprint density at radius 1 is 1.33 bits per heavy atom. The summed E-state index contributed by atoms with van der Waals surface area (Å²) in [6.07, 6.45) is 6.43. The van der Waals surface area contributed by atoms with Crippen LogP contribution in [0.4, 0.5) is 0 Å². The van der Waals surface area contributed by atoms with Crippen LogP contribution in [0.3, 0.4) is 0 Å². The molecule has 1 saturated carbocycles.